The molecule has 0 aliphatic rings. The van der Waals surface area contributed by atoms with E-state index in [1.807, 2.05) is 0 Å². The molecule has 2 heteroatoms. The topological polar surface area (TPSA) is 17.1 Å². The van der Waals surface area contributed by atoms with E-state index in [-0.39, 0.29) is 0 Å². The van der Waals surface area contributed by atoms with E-state index < -0.39 is 7.26 Å². The Morgan fingerprint density at radius 3 is 1.68 bits per heavy atom. The van der Waals surface area contributed by atoms with Crippen molar-refractivity contribution in [1.29, 1.82) is 0 Å². The van der Waals surface area contributed by atoms with Crippen LogP contribution in [0.2, 0.25) is 0 Å². The molecule has 1 aromatic carbocycles. The molecule has 0 amide bonds. The summed E-state index contributed by atoms with van der Waals surface area (Å²) in [7, 11) is -1.12. The zero-order valence-electron chi connectivity index (χ0n) is 17.4. The van der Waals surface area contributed by atoms with Crippen molar-refractivity contribution >= 4 is 13.0 Å². The summed E-state index contributed by atoms with van der Waals surface area (Å²) in [5.41, 5.74) is 3.81. The van der Waals surface area contributed by atoms with E-state index in [9.17, 15) is 4.79 Å². The second-order valence-electron chi connectivity index (χ2n) is 7.82. The van der Waals surface area contributed by atoms with E-state index in [1.165, 1.54) is 73.7 Å². The van der Waals surface area contributed by atoms with E-state index in [4.69, 9.17) is 0 Å². The Hall–Kier alpha value is -0.680. The summed E-state index contributed by atoms with van der Waals surface area (Å²) in [5.74, 6) is 0.494. The fourth-order valence-corrected chi connectivity index (χ4v) is 8.77. The van der Waals surface area contributed by atoms with Crippen LogP contribution in [0.4, 0.5) is 0 Å². The second-order valence-corrected chi connectivity index (χ2v) is 12.2. The van der Waals surface area contributed by atoms with Gasteiger partial charge in [-0.1, -0.05) is 58.2 Å². The smallest absolute Gasteiger partial charge is 0.174 e. The number of carbonyl (C=O) groups excluding carboxylic acids is 1. The number of aryl methyl sites for hydroxylation is 2. The van der Waals surface area contributed by atoms with Crippen molar-refractivity contribution in [2.75, 3.05) is 24.6 Å². The van der Waals surface area contributed by atoms with Gasteiger partial charge in [0.15, 0.2) is 5.78 Å². The predicted molar refractivity (Wildman–Crippen MR) is 116 cm³/mol. The van der Waals surface area contributed by atoms with Crippen molar-refractivity contribution in [1.82, 2.24) is 0 Å². The summed E-state index contributed by atoms with van der Waals surface area (Å²) in [6.45, 7) is 11.1. The Morgan fingerprint density at radius 2 is 1.28 bits per heavy atom. The average Bonchev–Trinajstić information content (AvgIpc) is 2.59. The second kappa shape index (κ2) is 11.8. The Bertz CT molecular complexity index is 479. The van der Waals surface area contributed by atoms with Gasteiger partial charge in [0.2, 0.25) is 0 Å². The summed E-state index contributed by atoms with van der Waals surface area (Å²) in [6.07, 6.45) is 13.2. The van der Waals surface area contributed by atoms with Crippen LogP contribution in [0.25, 0.3) is 0 Å². The minimum atomic E-state index is -1.12. The lowest BCUT2D eigenvalue weighted by Gasteiger charge is -2.27. The molecule has 0 bridgehead atoms. The Balaban J connectivity index is 2.90. The largest absolute Gasteiger partial charge is 0.295 e. The molecule has 25 heavy (non-hydrogen) atoms. The molecule has 0 aromatic heterocycles. The van der Waals surface area contributed by atoms with Crippen molar-refractivity contribution in [3.63, 3.8) is 0 Å². The van der Waals surface area contributed by atoms with Gasteiger partial charge in [0.1, 0.15) is 6.16 Å². The minimum absolute atomic E-state index is 0.494. The van der Waals surface area contributed by atoms with Gasteiger partial charge in [-0.25, -0.2) is 0 Å². The third-order valence-electron chi connectivity index (χ3n) is 5.49. The van der Waals surface area contributed by atoms with Crippen LogP contribution >= 0.6 is 7.26 Å². The third-order valence-corrected chi connectivity index (χ3v) is 10.3. The molecule has 142 valence electrons. The maximum absolute atomic E-state index is 13.0. The van der Waals surface area contributed by atoms with Crippen molar-refractivity contribution in [3.05, 3.63) is 34.9 Å². The first-order valence-corrected chi connectivity index (χ1v) is 12.9. The number of hydrogen-bond donors (Lipinski definition) is 0. The lowest BCUT2D eigenvalue weighted by Crippen LogP contribution is -2.20. The lowest BCUT2D eigenvalue weighted by atomic mass is 9.99. The van der Waals surface area contributed by atoms with Crippen molar-refractivity contribution in [2.24, 2.45) is 0 Å². The number of unbranched alkanes of at least 4 members (excludes halogenated alkanes) is 3. The molecular weight excluding hydrogens is 323 g/mol. The van der Waals surface area contributed by atoms with E-state index in [2.05, 4.69) is 52.8 Å². The normalized spacial score (nSPS) is 11.7. The van der Waals surface area contributed by atoms with Crippen LogP contribution in [-0.2, 0) is 11.2 Å². The van der Waals surface area contributed by atoms with Crippen LogP contribution in [0.3, 0.4) is 0 Å². The summed E-state index contributed by atoms with van der Waals surface area (Å²) in [6, 6.07) is 6.38. The first-order valence-electron chi connectivity index (χ1n) is 10.4. The van der Waals surface area contributed by atoms with Crippen molar-refractivity contribution in [2.45, 2.75) is 79.6 Å². The fraction of sp³-hybridized carbons (Fsp3) is 0.696. The minimum Gasteiger partial charge on any atom is -0.295 e. The van der Waals surface area contributed by atoms with Crippen LogP contribution in [-0.4, -0.2) is 30.4 Å². The maximum Gasteiger partial charge on any atom is 0.174 e. The number of Topliss-reactive ketones (excluding diaryl/α,β-unsaturated/α-hetero) is 1. The maximum atomic E-state index is 13.0. The monoisotopic (exact) mass is 363 g/mol. The predicted octanol–water partition coefficient (Wildman–Crippen LogP) is 6.83. The highest BCUT2D eigenvalue weighted by Crippen LogP contribution is 2.60. The Labute approximate surface area is 157 Å². The SMILES string of the molecule is CCCC[P+](CCCC)(CCCC)CC(=O)Cc1c(C)cccc1C. The van der Waals surface area contributed by atoms with Gasteiger partial charge in [-0.3, -0.25) is 4.79 Å². The number of ketones is 1. The van der Waals surface area contributed by atoms with Crippen LogP contribution in [0, 0.1) is 13.8 Å². The molecule has 0 aliphatic carbocycles. The van der Waals surface area contributed by atoms with Gasteiger partial charge in [-0.15, -0.1) is 0 Å². The molecule has 0 fully saturated rings. The van der Waals surface area contributed by atoms with Crippen molar-refractivity contribution < 1.29 is 4.79 Å². The summed E-state index contributed by atoms with van der Waals surface area (Å²) >= 11 is 0. The van der Waals surface area contributed by atoms with Gasteiger partial charge in [0.05, 0.1) is 18.5 Å². The van der Waals surface area contributed by atoms with Gasteiger partial charge in [0, 0.05) is 13.7 Å². The molecule has 1 aromatic rings. The highest BCUT2D eigenvalue weighted by molar-refractivity contribution is 7.76. The van der Waals surface area contributed by atoms with Crippen molar-refractivity contribution in [3.8, 4) is 0 Å². The quantitative estimate of drug-likeness (QED) is 0.351. The zero-order chi connectivity index (χ0) is 18.7. The van der Waals surface area contributed by atoms with E-state index in [0.29, 0.717) is 12.2 Å². The van der Waals surface area contributed by atoms with Crippen LogP contribution in [0.1, 0.15) is 76.0 Å². The van der Waals surface area contributed by atoms with Gasteiger partial charge in [-0.05, 0) is 49.8 Å². The lowest BCUT2D eigenvalue weighted by molar-refractivity contribution is -0.116. The van der Waals surface area contributed by atoms with Crippen LogP contribution in [0.5, 0.6) is 0 Å². The first-order chi connectivity index (χ1) is 12.0. The van der Waals surface area contributed by atoms with Gasteiger partial charge in [-0.2, -0.15) is 0 Å². The first kappa shape index (κ1) is 22.4. The van der Waals surface area contributed by atoms with E-state index in [0.717, 1.165) is 6.16 Å². The highest BCUT2D eigenvalue weighted by Gasteiger charge is 2.37. The summed E-state index contributed by atoms with van der Waals surface area (Å²) in [5, 5.41) is 0. The number of hydrogen-bond acceptors (Lipinski definition) is 1. The molecule has 1 rings (SSSR count). The van der Waals surface area contributed by atoms with Crippen LogP contribution in [0.15, 0.2) is 18.2 Å². The fourth-order valence-electron chi connectivity index (χ4n) is 3.81. The molecular formula is C23H40OP+. The summed E-state index contributed by atoms with van der Waals surface area (Å²) < 4.78 is 0. The molecule has 0 N–H and O–H groups in total. The molecule has 1 nitrogen and oxygen atoms in total. The third kappa shape index (κ3) is 7.61. The number of rotatable bonds is 13. The zero-order valence-corrected chi connectivity index (χ0v) is 18.3. The molecule has 0 saturated carbocycles. The molecule has 0 saturated heterocycles. The van der Waals surface area contributed by atoms with Gasteiger partial charge < -0.3 is 0 Å². The molecule has 0 heterocycles. The molecule has 0 atom stereocenters. The standard InChI is InChI=1S/C23H40OP/c1-6-9-15-25(16-10-7-2,17-11-8-3)19-22(24)18-23-20(4)13-12-14-21(23)5/h12-14H,6-11,15-19H2,1-5H3/q+1. The summed E-state index contributed by atoms with van der Waals surface area (Å²) in [4.78, 5) is 13.0. The van der Waals surface area contributed by atoms with Crippen LogP contribution < -0.4 is 0 Å². The highest BCUT2D eigenvalue weighted by atomic mass is 31.2. The molecule has 0 aliphatic heterocycles. The molecule has 0 spiro atoms. The van der Waals surface area contributed by atoms with Gasteiger partial charge in [0.25, 0.3) is 0 Å². The number of benzene rings is 1. The Kier molecular flexibility index (Phi) is 10.6. The number of carbonyl (C=O) groups is 1. The Morgan fingerprint density at radius 1 is 0.840 bits per heavy atom. The van der Waals surface area contributed by atoms with Gasteiger partial charge >= 0.3 is 0 Å². The average molecular weight is 364 g/mol. The van der Waals surface area contributed by atoms with E-state index in [1.54, 1.807) is 0 Å². The molecule has 0 radical (unpaired) electrons. The molecule has 0 unspecified atom stereocenters. The van der Waals surface area contributed by atoms with E-state index >= 15 is 0 Å².